The average Bonchev–Trinajstić information content (AvgIpc) is 2.96. The molecule has 22 heavy (non-hydrogen) atoms. The number of nitrogens with zero attached hydrogens (tertiary/aromatic N) is 2. The molecule has 1 N–H and O–H groups in total. The highest BCUT2D eigenvalue weighted by atomic mass is 32.2. The lowest BCUT2D eigenvalue weighted by Crippen LogP contribution is -2.20. The minimum atomic E-state index is -0.633. The molecule has 0 aliphatic rings. The van der Waals surface area contributed by atoms with Crippen LogP contribution in [0.1, 0.15) is 0 Å². The number of imidazole rings is 1. The van der Waals surface area contributed by atoms with Crippen molar-refractivity contribution < 1.29 is 14.2 Å². The van der Waals surface area contributed by atoms with Crippen molar-refractivity contribution in [2.45, 2.75) is 11.3 Å². The molecule has 0 saturated heterocycles. The first kappa shape index (κ1) is 14.9. The van der Waals surface area contributed by atoms with Gasteiger partial charge in [-0.25, -0.2) is 9.37 Å². The van der Waals surface area contributed by atoms with Gasteiger partial charge in [-0.05, 0) is 36.4 Å². The third-order valence-electron chi connectivity index (χ3n) is 3.07. The van der Waals surface area contributed by atoms with E-state index in [1.54, 1.807) is 6.20 Å². The molecular weight excluding hydrogens is 303 g/mol. The van der Waals surface area contributed by atoms with E-state index in [9.17, 15) is 9.50 Å². The van der Waals surface area contributed by atoms with Crippen molar-refractivity contribution in [3.63, 3.8) is 0 Å². The second kappa shape index (κ2) is 6.81. The molecule has 6 heteroatoms. The van der Waals surface area contributed by atoms with Gasteiger partial charge in [-0.1, -0.05) is 17.8 Å². The van der Waals surface area contributed by atoms with Crippen LogP contribution in [0.25, 0.3) is 5.52 Å². The van der Waals surface area contributed by atoms with Crippen LogP contribution in [0.3, 0.4) is 0 Å². The lowest BCUT2D eigenvalue weighted by molar-refractivity contribution is 0.126. The molecule has 2 heterocycles. The number of halogens is 1. The van der Waals surface area contributed by atoms with Gasteiger partial charge >= 0.3 is 0 Å². The van der Waals surface area contributed by atoms with Crippen LogP contribution >= 0.6 is 11.8 Å². The van der Waals surface area contributed by atoms with E-state index in [0.717, 1.165) is 10.7 Å². The van der Waals surface area contributed by atoms with Crippen LogP contribution < -0.4 is 4.74 Å². The Morgan fingerprint density at radius 3 is 2.86 bits per heavy atom. The molecule has 114 valence electrons. The number of ether oxygens (including phenoxy) is 1. The summed E-state index contributed by atoms with van der Waals surface area (Å²) in [6.07, 6.45) is 3.10. The van der Waals surface area contributed by atoms with Gasteiger partial charge in [0.2, 0.25) is 0 Å². The molecule has 1 unspecified atom stereocenters. The molecule has 2 aromatic heterocycles. The molecular formula is C16H15FN2O2S. The fourth-order valence-electron chi connectivity index (χ4n) is 1.97. The highest BCUT2D eigenvalue weighted by Gasteiger charge is 2.09. The number of hydrogen-bond donors (Lipinski definition) is 1. The van der Waals surface area contributed by atoms with E-state index in [-0.39, 0.29) is 12.4 Å². The predicted molar refractivity (Wildman–Crippen MR) is 83.8 cm³/mol. The summed E-state index contributed by atoms with van der Waals surface area (Å²) in [5, 5.41) is 10.8. The van der Waals surface area contributed by atoms with Crippen molar-refractivity contribution in [3.8, 4) is 5.75 Å². The lowest BCUT2D eigenvalue weighted by atomic mass is 10.3. The third kappa shape index (κ3) is 3.58. The Morgan fingerprint density at radius 1 is 1.23 bits per heavy atom. The largest absolute Gasteiger partial charge is 0.491 e. The Bertz CT molecular complexity index is 745. The number of pyridine rings is 1. The number of aliphatic hydroxyl groups excluding tert-OH is 1. The smallest absolute Gasteiger partial charge is 0.172 e. The van der Waals surface area contributed by atoms with Crippen LogP contribution in [0, 0.1) is 5.82 Å². The molecule has 0 spiro atoms. The number of fused-ring (bicyclic) bond motifs is 1. The summed E-state index contributed by atoms with van der Waals surface area (Å²) >= 11 is 1.46. The molecule has 0 bridgehead atoms. The predicted octanol–water partition coefficient (Wildman–Crippen LogP) is 3.01. The van der Waals surface area contributed by atoms with Gasteiger partial charge in [0, 0.05) is 11.9 Å². The summed E-state index contributed by atoms with van der Waals surface area (Å²) in [7, 11) is 0. The molecule has 4 nitrogen and oxygen atoms in total. The van der Waals surface area contributed by atoms with Crippen molar-refractivity contribution in [1.82, 2.24) is 9.38 Å². The van der Waals surface area contributed by atoms with Crippen molar-refractivity contribution in [2.75, 3.05) is 12.4 Å². The van der Waals surface area contributed by atoms with Gasteiger partial charge in [0.25, 0.3) is 0 Å². The van der Waals surface area contributed by atoms with Gasteiger partial charge in [0.1, 0.15) is 18.2 Å². The van der Waals surface area contributed by atoms with Gasteiger partial charge in [-0.3, -0.25) is 4.40 Å². The van der Waals surface area contributed by atoms with Gasteiger partial charge in [0.15, 0.2) is 5.16 Å². The van der Waals surface area contributed by atoms with E-state index in [1.807, 2.05) is 28.8 Å². The fraction of sp³-hybridized carbons (Fsp3) is 0.188. The second-order valence-electron chi connectivity index (χ2n) is 4.77. The normalized spacial score (nSPS) is 12.5. The van der Waals surface area contributed by atoms with Crippen LogP contribution in [0.4, 0.5) is 4.39 Å². The van der Waals surface area contributed by atoms with E-state index in [4.69, 9.17) is 4.74 Å². The fourth-order valence-corrected chi connectivity index (χ4v) is 2.84. The molecule has 0 amide bonds. The molecule has 3 aromatic rings. The summed E-state index contributed by atoms with van der Waals surface area (Å²) in [5.74, 6) is 0.696. The topological polar surface area (TPSA) is 46.8 Å². The monoisotopic (exact) mass is 318 g/mol. The first-order chi connectivity index (χ1) is 10.7. The minimum Gasteiger partial charge on any atom is -0.491 e. The Hall–Kier alpha value is -2.05. The average molecular weight is 318 g/mol. The Labute approximate surface area is 131 Å². The number of hydrogen-bond acceptors (Lipinski definition) is 4. The van der Waals surface area contributed by atoms with Crippen LogP contribution in [-0.2, 0) is 0 Å². The number of thioether (sulfide) groups is 1. The van der Waals surface area contributed by atoms with Crippen molar-refractivity contribution >= 4 is 17.3 Å². The van der Waals surface area contributed by atoms with Crippen molar-refractivity contribution in [1.29, 1.82) is 0 Å². The minimum absolute atomic E-state index is 0.155. The SMILES string of the molecule is OC(COc1ccc(F)cc1)CSc1ncc2ccccn12. The van der Waals surface area contributed by atoms with E-state index in [2.05, 4.69) is 4.98 Å². The zero-order valence-electron chi connectivity index (χ0n) is 11.7. The molecule has 0 radical (unpaired) electrons. The Morgan fingerprint density at radius 2 is 2.05 bits per heavy atom. The molecule has 1 atom stereocenters. The molecule has 0 aliphatic carbocycles. The maximum Gasteiger partial charge on any atom is 0.172 e. The van der Waals surface area contributed by atoms with Crippen LogP contribution in [0.2, 0.25) is 0 Å². The number of benzene rings is 1. The maximum atomic E-state index is 12.8. The molecule has 0 aliphatic heterocycles. The standard InChI is InChI=1S/C16H15FN2O2S/c17-12-4-6-15(7-5-12)21-10-14(20)11-22-16-18-9-13-3-1-2-8-19(13)16/h1-9,14,20H,10-11H2. The first-order valence-corrected chi connectivity index (χ1v) is 7.82. The molecule has 3 rings (SSSR count). The molecule has 1 aromatic carbocycles. The van der Waals surface area contributed by atoms with Crippen LogP contribution in [0.5, 0.6) is 5.75 Å². The number of rotatable bonds is 6. The maximum absolute atomic E-state index is 12.8. The molecule has 0 saturated carbocycles. The van der Waals surface area contributed by atoms with Crippen LogP contribution in [-0.4, -0.2) is 33.0 Å². The number of aromatic nitrogens is 2. The van der Waals surface area contributed by atoms with Gasteiger partial charge < -0.3 is 9.84 Å². The van der Waals surface area contributed by atoms with E-state index < -0.39 is 6.10 Å². The van der Waals surface area contributed by atoms with Gasteiger partial charge in [-0.15, -0.1) is 0 Å². The summed E-state index contributed by atoms with van der Waals surface area (Å²) in [6.45, 7) is 0.155. The Kier molecular flexibility index (Phi) is 4.60. The van der Waals surface area contributed by atoms with Crippen molar-refractivity contribution in [2.24, 2.45) is 0 Å². The highest BCUT2D eigenvalue weighted by molar-refractivity contribution is 7.99. The summed E-state index contributed by atoms with van der Waals surface area (Å²) in [4.78, 5) is 4.33. The quantitative estimate of drug-likeness (QED) is 0.710. The summed E-state index contributed by atoms with van der Waals surface area (Å²) in [6, 6.07) is 11.6. The van der Waals surface area contributed by atoms with Crippen molar-refractivity contribution in [3.05, 3.63) is 60.7 Å². The van der Waals surface area contributed by atoms with Gasteiger partial charge in [0.05, 0.1) is 17.8 Å². The van der Waals surface area contributed by atoms with E-state index in [1.165, 1.54) is 36.0 Å². The Balaban J connectivity index is 1.52. The zero-order valence-corrected chi connectivity index (χ0v) is 12.5. The third-order valence-corrected chi connectivity index (χ3v) is 4.18. The first-order valence-electron chi connectivity index (χ1n) is 6.84. The highest BCUT2D eigenvalue weighted by Crippen LogP contribution is 2.19. The van der Waals surface area contributed by atoms with E-state index >= 15 is 0 Å². The van der Waals surface area contributed by atoms with Crippen LogP contribution in [0.15, 0.2) is 60.0 Å². The van der Waals surface area contributed by atoms with E-state index in [0.29, 0.717) is 11.5 Å². The summed E-state index contributed by atoms with van der Waals surface area (Å²) < 4.78 is 20.2. The summed E-state index contributed by atoms with van der Waals surface area (Å²) in [5.41, 5.74) is 1.02. The zero-order chi connectivity index (χ0) is 15.4. The molecule has 0 fully saturated rings. The number of aliphatic hydroxyl groups is 1. The van der Waals surface area contributed by atoms with Gasteiger partial charge in [-0.2, -0.15) is 0 Å². The lowest BCUT2D eigenvalue weighted by Gasteiger charge is -2.11. The second-order valence-corrected chi connectivity index (χ2v) is 5.75.